The van der Waals surface area contributed by atoms with Crippen LogP contribution in [0.1, 0.15) is 6.92 Å². The van der Waals surface area contributed by atoms with E-state index in [0.29, 0.717) is 6.54 Å². The van der Waals surface area contributed by atoms with Gasteiger partial charge >= 0.3 is 7.60 Å². The van der Waals surface area contributed by atoms with E-state index in [1.807, 2.05) is 0 Å². The second kappa shape index (κ2) is 8.78. The topological polar surface area (TPSA) is 85.4 Å². The summed E-state index contributed by atoms with van der Waals surface area (Å²) in [6, 6.07) is 0. The van der Waals surface area contributed by atoms with Gasteiger partial charge in [-0.2, -0.15) is 0 Å². The van der Waals surface area contributed by atoms with E-state index in [1.165, 1.54) is 28.4 Å². The molecule has 1 unspecified atom stereocenters. The van der Waals surface area contributed by atoms with E-state index in [9.17, 15) is 13.6 Å². The Bertz CT molecular complexity index is 359. The van der Waals surface area contributed by atoms with Crippen LogP contribution < -0.4 is 0 Å². The molecule has 0 aromatic heterocycles. The molecule has 0 spiro atoms. The third-order valence-corrected chi connectivity index (χ3v) is 5.25. The fourth-order valence-corrected chi connectivity index (χ4v) is 2.80. The molecular formula is C9H21N2O6PS. The van der Waals surface area contributed by atoms with E-state index < -0.39 is 24.8 Å². The van der Waals surface area contributed by atoms with Gasteiger partial charge in [-0.25, -0.2) is 8.51 Å². The van der Waals surface area contributed by atoms with Crippen molar-refractivity contribution in [1.29, 1.82) is 0 Å². The van der Waals surface area contributed by atoms with Gasteiger partial charge in [-0.15, -0.1) is 0 Å². The molecule has 19 heavy (non-hydrogen) atoms. The standard InChI is InChI=1S/C9H21N2O6PS/c1-6-11(8-18(13,15-3)16-4)7-9(12)10(2)19(14)17-5/h6-8H2,1-5H3. The van der Waals surface area contributed by atoms with Crippen LogP contribution in [0.3, 0.4) is 0 Å². The van der Waals surface area contributed by atoms with Crippen LogP contribution >= 0.6 is 7.60 Å². The molecule has 1 atom stereocenters. The Balaban J connectivity index is 4.61. The summed E-state index contributed by atoms with van der Waals surface area (Å²) in [6.07, 6.45) is -0.0182. The number of rotatable bonds is 9. The van der Waals surface area contributed by atoms with Crippen LogP contribution in [0.2, 0.25) is 0 Å². The van der Waals surface area contributed by atoms with E-state index in [1.54, 1.807) is 11.8 Å². The number of carbonyl (C=O) groups is 1. The molecule has 8 nitrogen and oxygen atoms in total. The molecule has 0 fully saturated rings. The van der Waals surface area contributed by atoms with Gasteiger partial charge in [0.25, 0.3) is 11.3 Å². The fourth-order valence-electron chi connectivity index (χ4n) is 1.18. The van der Waals surface area contributed by atoms with Crippen LogP contribution in [-0.2, 0) is 33.9 Å². The van der Waals surface area contributed by atoms with Crippen LogP contribution in [0.4, 0.5) is 0 Å². The minimum atomic E-state index is -3.22. The summed E-state index contributed by atoms with van der Waals surface area (Å²) >= 11 is -1.82. The smallest absolute Gasteiger partial charge is 0.311 e. The number of likely N-dealkylation sites (N-methyl/N-ethyl adjacent to an activating group) is 2. The molecule has 0 aliphatic rings. The van der Waals surface area contributed by atoms with E-state index in [2.05, 4.69) is 4.18 Å². The van der Waals surface area contributed by atoms with Crippen molar-refractivity contribution in [3.63, 3.8) is 0 Å². The maximum atomic E-state index is 12.0. The predicted molar refractivity (Wildman–Crippen MR) is 71.7 cm³/mol. The molecule has 0 heterocycles. The van der Waals surface area contributed by atoms with Gasteiger partial charge in [-0.1, -0.05) is 6.92 Å². The zero-order valence-corrected chi connectivity index (χ0v) is 13.5. The molecule has 0 N–H and O–H groups in total. The van der Waals surface area contributed by atoms with Gasteiger partial charge in [0.1, 0.15) is 6.29 Å². The minimum absolute atomic E-state index is 0.0182. The van der Waals surface area contributed by atoms with Crippen molar-refractivity contribution in [3.8, 4) is 0 Å². The predicted octanol–water partition coefficient (Wildman–Crippen LogP) is 0.435. The summed E-state index contributed by atoms with van der Waals surface area (Å²) in [6.45, 7) is 2.21. The molecule has 114 valence electrons. The first-order chi connectivity index (χ1) is 8.83. The number of hydrogen-bond acceptors (Lipinski definition) is 7. The summed E-state index contributed by atoms with van der Waals surface area (Å²) < 4.78 is 38.4. The highest BCUT2D eigenvalue weighted by Gasteiger charge is 2.27. The summed E-state index contributed by atoms with van der Waals surface area (Å²) in [5.74, 6) is -0.416. The zero-order chi connectivity index (χ0) is 15.1. The lowest BCUT2D eigenvalue weighted by Gasteiger charge is -2.25. The largest absolute Gasteiger partial charge is 0.344 e. The zero-order valence-electron chi connectivity index (χ0n) is 11.8. The first-order valence-electron chi connectivity index (χ1n) is 5.49. The number of nitrogens with zero attached hydrogens (tertiary/aromatic N) is 2. The van der Waals surface area contributed by atoms with Gasteiger partial charge in [-0.05, 0) is 6.54 Å². The highest BCUT2D eigenvalue weighted by molar-refractivity contribution is 7.78. The highest BCUT2D eigenvalue weighted by atomic mass is 32.2. The van der Waals surface area contributed by atoms with Crippen molar-refractivity contribution in [2.45, 2.75) is 6.92 Å². The molecule has 0 saturated heterocycles. The molecular weight excluding hydrogens is 295 g/mol. The normalized spacial score (nSPS) is 13.6. The fraction of sp³-hybridized carbons (Fsp3) is 0.889. The third kappa shape index (κ3) is 6.11. The van der Waals surface area contributed by atoms with Crippen molar-refractivity contribution < 1.29 is 26.8 Å². The molecule has 0 rings (SSSR count). The monoisotopic (exact) mass is 316 g/mol. The maximum Gasteiger partial charge on any atom is 0.344 e. The lowest BCUT2D eigenvalue weighted by Crippen LogP contribution is -2.39. The van der Waals surface area contributed by atoms with Crippen molar-refractivity contribution >= 4 is 24.8 Å². The van der Waals surface area contributed by atoms with E-state index >= 15 is 0 Å². The second-order valence-electron chi connectivity index (χ2n) is 3.54. The Morgan fingerprint density at radius 3 is 2.16 bits per heavy atom. The van der Waals surface area contributed by atoms with Crippen LogP contribution in [0.15, 0.2) is 0 Å². The quantitative estimate of drug-likeness (QED) is 0.570. The Morgan fingerprint density at radius 2 is 1.79 bits per heavy atom. The lowest BCUT2D eigenvalue weighted by atomic mass is 10.5. The van der Waals surface area contributed by atoms with Gasteiger partial charge < -0.3 is 9.05 Å². The molecule has 0 radical (unpaired) electrons. The van der Waals surface area contributed by atoms with Gasteiger partial charge in [0.2, 0.25) is 5.91 Å². The molecule has 0 aromatic rings. The molecule has 1 amide bonds. The summed E-state index contributed by atoms with van der Waals surface area (Å²) in [5.41, 5.74) is 0. The molecule has 0 aliphatic carbocycles. The Hall–Kier alpha value is -0.310. The lowest BCUT2D eigenvalue weighted by molar-refractivity contribution is -0.126. The Morgan fingerprint density at radius 1 is 1.26 bits per heavy atom. The van der Waals surface area contributed by atoms with E-state index in [-0.39, 0.29) is 12.8 Å². The summed E-state index contributed by atoms with van der Waals surface area (Å²) in [5, 5.41) is 0. The van der Waals surface area contributed by atoms with E-state index in [4.69, 9.17) is 9.05 Å². The average molecular weight is 316 g/mol. The van der Waals surface area contributed by atoms with Crippen molar-refractivity contribution in [2.24, 2.45) is 0 Å². The van der Waals surface area contributed by atoms with Crippen LogP contribution in [-0.4, -0.2) is 67.1 Å². The molecule has 0 bridgehead atoms. The third-order valence-electron chi connectivity index (χ3n) is 2.45. The van der Waals surface area contributed by atoms with Crippen LogP contribution in [0, 0.1) is 0 Å². The van der Waals surface area contributed by atoms with Crippen LogP contribution in [0.25, 0.3) is 0 Å². The Labute approximate surface area is 116 Å². The van der Waals surface area contributed by atoms with Gasteiger partial charge in [0.05, 0.1) is 13.7 Å². The summed E-state index contributed by atoms with van der Waals surface area (Å²) in [7, 11) is 1.95. The minimum Gasteiger partial charge on any atom is -0.311 e. The van der Waals surface area contributed by atoms with Crippen molar-refractivity contribution in [3.05, 3.63) is 0 Å². The average Bonchev–Trinajstić information content (AvgIpc) is 2.44. The maximum absolute atomic E-state index is 12.0. The van der Waals surface area contributed by atoms with Crippen LogP contribution in [0.5, 0.6) is 0 Å². The van der Waals surface area contributed by atoms with Crippen molar-refractivity contribution in [1.82, 2.24) is 9.21 Å². The molecule has 0 saturated carbocycles. The SMILES string of the molecule is CCN(CC(=O)N(C)S(=O)OC)CP(=O)(OC)OC. The number of carbonyl (C=O) groups excluding carboxylic acids is 1. The van der Waals surface area contributed by atoms with Gasteiger partial charge in [0, 0.05) is 21.3 Å². The number of hydrogen-bond donors (Lipinski definition) is 0. The van der Waals surface area contributed by atoms with Gasteiger partial charge in [-0.3, -0.25) is 18.4 Å². The second-order valence-corrected chi connectivity index (χ2v) is 7.09. The first kappa shape index (κ1) is 18.7. The summed E-state index contributed by atoms with van der Waals surface area (Å²) in [4.78, 5) is 13.4. The van der Waals surface area contributed by atoms with E-state index in [0.717, 1.165) is 4.31 Å². The number of amides is 1. The Kier molecular flexibility index (Phi) is 8.64. The van der Waals surface area contributed by atoms with Gasteiger partial charge in [0.15, 0.2) is 0 Å². The van der Waals surface area contributed by atoms with Crippen molar-refractivity contribution in [2.75, 3.05) is 47.8 Å². The molecule has 10 heteroatoms. The molecule has 0 aromatic carbocycles. The highest BCUT2D eigenvalue weighted by Crippen LogP contribution is 2.46. The molecule has 0 aliphatic heterocycles. The first-order valence-corrected chi connectivity index (χ1v) is 8.25.